The molecule has 3 aromatic rings. The number of hydrogen-bond donors (Lipinski definition) is 3. The number of nitrogens with one attached hydrogen (secondary N) is 2. The first-order chi connectivity index (χ1) is 17.7. The van der Waals surface area contributed by atoms with Crippen molar-refractivity contribution in [3.63, 3.8) is 0 Å². The first-order valence-corrected chi connectivity index (χ1v) is 14.5. The molecule has 198 valence electrons. The Hall–Kier alpha value is -2.57. The van der Waals surface area contributed by atoms with Gasteiger partial charge in [0.1, 0.15) is 24.0 Å². The van der Waals surface area contributed by atoms with Gasteiger partial charge in [0.15, 0.2) is 17.8 Å². The van der Waals surface area contributed by atoms with Crippen LogP contribution >= 0.6 is 0 Å². The molecule has 1 aliphatic carbocycles. The van der Waals surface area contributed by atoms with Crippen LogP contribution in [0.3, 0.4) is 0 Å². The van der Waals surface area contributed by atoms with Gasteiger partial charge in [-0.1, -0.05) is 24.3 Å². The van der Waals surface area contributed by atoms with Crippen LogP contribution in [0.25, 0.3) is 22.3 Å². The van der Waals surface area contributed by atoms with Gasteiger partial charge in [0, 0.05) is 23.7 Å². The van der Waals surface area contributed by atoms with E-state index in [1.807, 2.05) is 24.3 Å². The van der Waals surface area contributed by atoms with Crippen LogP contribution in [0, 0.1) is 5.82 Å². The van der Waals surface area contributed by atoms with Crippen molar-refractivity contribution in [3.8, 4) is 17.1 Å². The molecular weight excluding hydrogens is 501 g/mol. The summed E-state index contributed by atoms with van der Waals surface area (Å²) in [5, 5.41) is 9.92. The number of aliphatic hydroxyl groups is 1. The van der Waals surface area contributed by atoms with Crippen molar-refractivity contribution in [1.82, 2.24) is 14.7 Å². The van der Waals surface area contributed by atoms with Gasteiger partial charge in [-0.05, 0) is 37.2 Å². The first kappa shape index (κ1) is 24.7. The van der Waals surface area contributed by atoms with Crippen molar-refractivity contribution >= 4 is 21.1 Å². The summed E-state index contributed by atoms with van der Waals surface area (Å²) in [5.41, 5.74) is 3.21. The molecule has 3 aliphatic rings. The predicted octanol–water partition coefficient (Wildman–Crippen LogP) is 2.85. The number of aromatic nitrogens is 2. The summed E-state index contributed by atoms with van der Waals surface area (Å²) < 4.78 is 57.9. The first-order valence-electron chi connectivity index (χ1n) is 12.6. The van der Waals surface area contributed by atoms with Gasteiger partial charge in [0.2, 0.25) is 10.0 Å². The molecule has 2 aromatic heterocycles. The Balaban J connectivity index is 1.15. The lowest BCUT2D eigenvalue weighted by Crippen LogP contribution is -2.36. The second-order valence-corrected chi connectivity index (χ2v) is 12.0. The number of sulfonamides is 1. The molecule has 0 radical (unpaired) electrons. The second-order valence-electron chi connectivity index (χ2n) is 10.3. The Morgan fingerprint density at radius 1 is 1.08 bits per heavy atom. The van der Waals surface area contributed by atoms with E-state index in [2.05, 4.69) is 14.7 Å². The maximum atomic E-state index is 15.0. The van der Waals surface area contributed by atoms with E-state index in [0.717, 1.165) is 31.2 Å². The van der Waals surface area contributed by atoms with E-state index in [9.17, 15) is 13.5 Å². The zero-order valence-corrected chi connectivity index (χ0v) is 21.2. The van der Waals surface area contributed by atoms with Crippen molar-refractivity contribution in [2.75, 3.05) is 19.5 Å². The van der Waals surface area contributed by atoms with Gasteiger partial charge in [-0.25, -0.2) is 22.5 Å². The molecule has 1 aromatic carbocycles. The van der Waals surface area contributed by atoms with Crippen molar-refractivity contribution < 1.29 is 32.1 Å². The molecule has 4 atom stereocenters. The third-order valence-corrected chi connectivity index (χ3v) is 8.32. The van der Waals surface area contributed by atoms with Crippen LogP contribution in [-0.2, 0) is 19.5 Å². The number of ether oxygens (including phenoxy) is 3. The van der Waals surface area contributed by atoms with Crippen LogP contribution in [0.4, 0.5) is 4.39 Å². The standard InChI is InChI=1S/C26H30FN3O6S/c1-37(32,33)30-17-8-6-15(7-9-17)14-2-4-16(5-3-14)24-18(27)10-19-20(29-24)11-23(28-19)36-22-13-35-25-21(31)12-34-26(22)25/h2-5,10-11,15,17,21-22,25-26,28,30-31H,6-9,12-13H2,1H3/t15-,17-,21-,22-,25-,26-/m1/s1. The van der Waals surface area contributed by atoms with Gasteiger partial charge in [0.25, 0.3) is 0 Å². The van der Waals surface area contributed by atoms with Crippen LogP contribution in [0.1, 0.15) is 37.2 Å². The zero-order valence-electron chi connectivity index (χ0n) is 20.4. The van der Waals surface area contributed by atoms with E-state index in [0.29, 0.717) is 35.0 Å². The average Bonchev–Trinajstić information content (AvgIpc) is 3.55. The third kappa shape index (κ3) is 5.10. The van der Waals surface area contributed by atoms with Crippen LogP contribution < -0.4 is 9.46 Å². The molecule has 37 heavy (non-hydrogen) atoms. The van der Waals surface area contributed by atoms with Crippen LogP contribution in [0.15, 0.2) is 36.4 Å². The molecule has 0 amide bonds. The van der Waals surface area contributed by atoms with E-state index in [1.165, 1.54) is 12.3 Å². The number of benzene rings is 1. The molecule has 0 spiro atoms. The minimum atomic E-state index is -3.20. The summed E-state index contributed by atoms with van der Waals surface area (Å²) in [5.74, 6) is 0.350. The number of fused-ring (bicyclic) bond motifs is 2. The molecule has 0 bridgehead atoms. The van der Waals surface area contributed by atoms with Gasteiger partial charge in [-0.15, -0.1) is 0 Å². The van der Waals surface area contributed by atoms with Crippen molar-refractivity contribution in [3.05, 3.63) is 47.8 Å². The van der Waals surface area contributed by atoms with E-state index >= 15 is 4.39 Å². The second kappa shape index (κ2) is 9.63. The lowest BCUT2D eigenvalue weighted by molar-refractivity contribution is 0.00794. The number of H-pyrrole nitrogens is 1. The van der Waals surface area contributed by atoms with Crippen LogP contribution in [0.2, 0.25) is 0 Å². The van der Waals surface area contributed by atoms with Crippen molar-refractivity contribution in [2.24, 2.45) is 0 Å². The van der Waals surface area contributed by atoms with Crippen LogP contribution in [0.5, 0.6) is 5.88 Å². The number of rotatable bonds is 6. The Labute approximate surface area is 214 Å². The highest BCUT2D eigenvalue weighted by Crippen LogP contribution is 2.35. The minimum Gasteiger partial charge on any atom is -0.470 e. The van der Waals surface area contributed by atoms with Gasteiger partial charge >= 0.3 is 0 Å². The lowest BCUT2D eigenvalue weighted by atomic mass is 9.82. The quantitative estimate of drug-likeness (QED) is 0.447. The lowest BCUT2D eigenvalue weighted by Gasteiger charge is -2.28. The summed E-state index contributed by atoms with van der Waals surface area (Å²) in [6, 6.07) is 10.9. The Bertz CT molecular complexity index is 1390. The molecular formula is C26H30FN3O6S. The topological polar surface area (TPSA) is 123 Å². The molecule has 11 heteroatoms. The van der Waals surface area contributed by atoms with E-state index < -0.39 is 28.0 Å². The van der Waals surface area contributed by atoms with Gasteiger partial charge in [0.05, 0.1) is 30.5 Å². The van der Waals surface area contributed by atoms with E-state index in [1.54, 1.807) is 6.07 Å². The average molecular weight is 532 g/mol. The van der Waals surface area contributed by atoms with Gasteiger partial charge in [-0.2, -0.15) is 0 Å². The summed E-state index contributed by atoms with van der Waals surface area (Å²) in [6.45, 7) is 0.523. The largest absolute Gasteiger partial charge is 0.470 e. The number of halogens is 1. The van der Waals surface area contributed by atoms with Crippen molar-refractivity contribution in [2.45, 2.75) is 62.1 Å². The molecule has 3 N–H and O–H groups in total. The van der Waals surface area contributed by atoms with E-state index in [4.69, 9.17) is 14.2 Å². The Kier molecular flexibility index (Phi) is 6.44. The molecule has 6 rings (SSSR count). The molecule has 2 saturated heterocycles. The predicted molar refractivity (Wildman–Crippen MR) is 134 cm³/mol. The fraction of sp³-hybridized carbons (Fsp3) is 0.500. The highest BCUT2D eigenvalue weighted by Gasteiger charge is 2.48. The number of aromatic amines is 1. The molecule has 0 unspecified atom stereocenters. The molecule has 1 saturated carbocycles. The summed E-state index contributed by atoms with van der Waals surface area (Å²) in [4.78, 5) is 7.61. The summed E-state index contributed by atoms with van der Waals surface area (Å²) >= 11 is 0. The molecule has 9 nitrogen and oxygen atoms in total. The SMILES string of the molecule is CS(=O)(=O)N[C@H]1CC[C@H](c2ccc(-c3nc4cc(O[C@@H]5CO[C@H]6[C@@H]5OC[C@H]6O)[nH]c4cc3F)cc2)CC1. The highest BCUT2D eigenvalue weighted by molar-refractivity contribution is 7.88. The van der Waals surface area contributed by atoms with Crippen molar-refractivity contribution in [1.29, 1.82) is 0 Å². The summed E-state index contributed by atoms with van der Waals surface area (Å²) in [6.07, 6.45) is 2.83. The monoisotopic (exact) mass is 531 g/mol. The normalized spacial score (nSPS) is 30.0. The molecule has 3 fully saturated rings. The Morgan fingerprint density at radius 2 is 1.81 bits per heavy atom. The number of hydrogen-bond acceptors (Lipinski definition) is 7. The third-order valence-electron chi connectivity index (χ3n) is 7.55. The fourth-order valence-corrected chi connectivity index (χ4v) is 6.58. The van der Waals surface area contributed by atoms with Crippen LogP contribution in [-0.4, -0.2) is 73.4 Å². The molecule has 4 heterocycles. The minimum absolute atomic E-state index is 0.00863. The number of pyridine rings is 1. The highest BCUT2D eigenvalue weighted by atomic mass is 32.2. The number of aliphatic hydroxyl groups excluding tert-OH is 1. The number of nitrogens with zero attached hydrogens (tertiary/aromatic N) is 1. The smallest absolute Gasteiger partial charge is 0.208 e. The Morgan fingerprint density at radius 3 is 2.54 bits per heavy atom. The maximum absolute atomic E-state index is 15.0. The molecule has 2 aliphatic heterocycles. The zero-order chi connectivity index (χ0) is 25.7. The fourth-order valence-electron chi connectivity index (χ4n) is 5.74. The van der Waals surface area contributed by atoms with E-state index in [-0.39, 0.29) is 30.6 Å². The summed E-state index contributed by atoms with van der Waals surface area (Å²) in [7, 11) is -3.20. The maximum Gasteiger partial charge on any atom is 0.208 e. The van der Waals surface area contributed by atoms with Gasteiger partial charge in [-0.3, -0.25) is 0 Å². The van der Waals surface area contributed by atoms with Gasteiger partial charge < -0.3 is 24.3 Å².